The highest BCUT2D eigenvalue weighted by Gasteiger charge is 2.01. The summed E-state index contributed by atoms with van der Waals surface area (Å²) in [5.74, 6) is -1.22. The van der Waals surface area contributed by atoms with Gasteiger partial charge >= 0.3 is 5.97 Å². The van der Waals surface area contributed by atoms with Gasteiger partial charge in [0, 0.05) is 0 Å². The van der Waals surface area contributed by atoms with Gasteiger partial charge < -0.3 is 5.11 Å². The van der Waals surface area contributed by atoms with Crippen LogP contribution in [0.25, 0.3) is 6.08 Å². The Hall–Kier alpha value is -2.60. The molecule has 0 spiro atoms. The van der Waals surface area contributed by atoms with E-state index in [2.05, 4.69) is 19.1 Å². The molecule has 0 aromatic heterocycles. The van der Waals surface area contributed by atoms with Gasteiger partial charge in [0.1, 0.15) is 11.6 Å². The molecule has 0 saturated carbocycles. The second-order valence-corrected chi connectivity index (χ2v) is 4.23. The summed E-state index contributed by atoms with van der Waals surface area (Å²) in [6.07, 6.45) is 10.5. The van der Waals surface area contributed by atoms with Gasteiger partial charge in [-0.1, -0.05) is 61.9 Å². The molecule has 0 unspecified atom stereocenters. The standard InChI is InChI=1S/C17H17NO2/c1-2-6-14-9-11-15(12-10-14)7-4-3-5-8-16(13-18)17(19)20/h3-5,7-12H,2,6H2,1H3,(H,19,20)/b5-3+,7-4+,16-8+. The van der Waals surface area contributed by atoms with E-state index < -0.39 is 5.97 Å². The number of carboxylic acids is 1. The molecular weight excluding hydrogens is 250 g/mol. The molecule has 3 nitrogen and oxygen atoms in total. The molecule has 20 heavy (non-hydrogen) atoms. The van der Waals surface area contributed by atoms with Crippen molar-refractivity contribution in [3.8, 4) is 6.07 Å². The van der Waals surface area contributed by atoms with Crippen molar-refractivity contribution in [3.63, 3.8) is 0 Å². The van der Waals surface area contributed by atoms with Crippen LogP contribution in [0.1, 0.15) is 24.5 Å². The Morgan fingerprint density at radius 3 is 2.50 bits per heavy atom. The molecule has 1 rings (SSSR count). The summed E-state index contributed by atoms with van der Waals surface area (Å²) >= 11 is 0. The normalized spacial score (nSPS) is 11.9. The van der Waals surface area contributed by atoms with Crippen molar-refractivity contribution in [2.45, 2.75) is 19.8 Å². The summed E-state index contributed by atoms with van der Waals surface area (Å²) in [4.78, 5) is 10.6. The van der Waals surface area contributed by atoms with E-state index in [0.29, 0.717) is 0 Å². The molecule has 0 atom stereocenters. The van der Waals surface area contributed by atoms with Crippen molar-refractivity contribution in [2.75, 3.05) is 0 Å². The number of hydrogen-bond donors (Lipinski definition) is 1. The van der Waals surface area contributed by atoms with Gasteiger partial charge in [0.05, 0.1) is 0 Å². The van der Waals surface area contributed by atoms with E-state index in [1.165, 1.54) is 17.7 Å². The van der Waals surface area contributed by atoms with Gasteiger partial charge in [0.15, 0.2) is 0 Å². The van der Waals surface area contributed by atoms with Gasteiger partial charge in [0.25, 0.3) is 0 Å². The first-order valence-electron chi connectivity index (χ1n) is 6.44. The number of aryl methyl sites for hydroxylation is 1. The smallest absolute Gasteiger partial charge is 0.346 e. The maximum Gasteiger partial charge on any atom is 0.346 e. The fraction of sp³-hybridized carbons (Fsp3) is 0.176. The minimum absolute atomic E-state index is 0.279. The van der Waals surface area contributed by atoms with Crippen molar-refractivity contribution in [1.29, 1.82) is 5.26 Å². The van der Waals surface area contributed by atoms with Gasteiger partial charge in [-0.2, -0.15) is 5.26 Å². The summed E-state index contributed by atoms with van der Waals surface area (Å²) in [6.45, 7) is 2.15. The highest BCUT2D eigenvalue weighted by molar-refractivity contribution is 5.91. The zero-order chi connectivity index (χ0) is 14.8. The van der Waals surface area contributed by atoms with E-state index in [1.807, 2.05) is 24.3 Å². The molecule has 0 radical (unpaired) electrons. The zero-order valence-corrected chi connectivity index (χ0v) is 11.4. The topological polar surface area (TPSA) is 61.1 Å². The molecule has 0 amide bonds. The lowest BCUT2D eigenvalue weighted by Gasteiger charge is -1.98. The van der Waals surface area contributed by atoms with Crippen LogP contribution in [-0.4, -0.2) is 11.1 Å². The second kappa shape index (κ2) is 8.49. The number of allylic oxidation sites excluding steroid dienone is 4. The van der Waals surface area contributed by atoms with E-state index in [-0.39, 0.29) is 5.57 Å². The van der Waals surface area contributed by atoms with E-state index >= 15 is 0 Å². The monoisotopic (exact) mass is 267 g/mol. The van der Waals surface area contributed by atoms with E-state index in [9.17, 15) is 4.79 Å². The van der Waals surface area contributed by atoms with E-state index in [4.69, 9.17) is 10.4 Å². The maximum atomic E-state index is 10.6. The number of nitriles is 1. The van der Waals surface area contributed by atoms with Crippen molar-refractivity contribution < 1.29 is 9.90 Å². The molecule has 0 heterocycles. The third-order valence-electron chi connectivity index (χ3n) is 2.64. The van der Waals surface area contributed by atoms with Crippen LogP contribution in [0.2, 0.25) is 0 Å². The SMILES string of the molecule is CCCc1ccc(/C=C/C=C/C=C(\C#N)C(=O)O)cc1. The molecule has 0 fully saturated rings. The average molecular weight is 267 g/mol. The van der Waals surface area contributed by atoms with Gasteiger partial charge in [-0.05, 0) is 23.6 Å². The van der Waals surface area contributed by atoms with E-state index in [0.717, 1.165) is 18.4 Å². The molecule has 0 aliphatic carbocycles. The predicted molar refractivity (Wildman–Crippen MR) is 79.9 cm³/mol. The Labute approximate surface area is 119 Å². The van der Waals surface area contributed by atoms with Crippen molar-refractivity contribution >= 4 is 12.0 Å². The molecule has 0 bridgehead atoms. The highest BCUT2D eigenvalue weighted by atomic mass is 16.4. The lowest BCUT2D eigenvalue weighted by molar-refractivity contribution is -0.132. The zero-order valence-electron chi connectivity index (χ0n) is 11.4. The molecule has 1 aromatic rings. The lowest BCUT2D eigenvalue weighted by Crippen LogP contribution is -1.96. The van der Waals surface area contributed by atoms with Crippen molar-refractivity contribution in [3.05, 3.63) is 65.3 Å². The minimum atomic E-state index is -1.22. The summed E-state index contributed by atoms with van der Waals surface area (Å²) in [6, 6.07) is 9.91. The van der Waals surface area contributed by atoms with Gasteiger partial charge in [-0.3, -0.25) is 0 Å². The summed E-state index contributed by atoms with van der Waals surface area (Å²) in [7, 11) is 0. The van der Waals surface area contributed by atoms with Crippen LogP contribution in [0.4, 0.5) is 0 Å². The summed E-state index contributed by atoms with van der Waals surface area (Å²) in [5, 5.41) is 17.2. The lowest BCUT2D eigenvalue weighted by atomic mass is 10.1. The average Bonchev–Trinajstić information content (AvgIpc) is 2.44. The van der Waals surface area contributed by atoms with Gasteiger partial charge in [-0.25, -0.2) is 4.79 Å². The second-order valence-electron chi connectivity index (χ2n) is 4.23. The van der Waals surface area contributed by atoms with Crippen LogP contribution >= 0.6 is 0 Å². The molecule has 1 aromatic carbocycles. The van der Waals surface area contributed by atoms with Crippen molar-refractivity contribution in [1.82, 2.24) is 0 Å². The molecule has 102 valence electrons. The van der Waals surface area contributed by atoms with Crippen LogP contribution in [0, 0.1) is 11.3 Å². The Balaban J connectivity index is 2.61. The fourth-order valence-electron chi connectivity index (χ4n) is 1.62. The maximum absolute atomic E-state index is 10.6. The number of carbonyl (C=O) groups is 1. The Kier molecular flexibility index (Phi) is 6.56. The number of hydrogen-bond acceptors (Lipinski definition) is 2. The first-order valence-corrected chi connectivity index (χ1v) is 6.44. The van der Waals surface area contributed by atoms with Crippen LogP contribution in [-0.2, 0) is 11.2 Å². The number of carboxylic acid groups (broad SMARTS) is 1. The number of nitrogens with zero attached hydrogens (tertiary/aromatic N) is 1. The Morgan fingerprint density at radius 2 is 1.95 bits per heavy atom. The number of aliphatic carboxylic acids is 1. The third kappa shape index (κ3) is 5.36. The molecule has 0 aliphatic heterocycles. The van der Waals surface area contributed by atoms with Crippen LogP contribution in [0.15, 0.2) is 54.1 Å². The first-order chi connectivity index (χ1) is 9.67. The van der Waals surface area contributed by atoms with Crippen molar-refractivity contribution in [2.24, 2.45) is 0 Å². The predicted octanol–water partition coefficient (Wildman–Crippen LogP) is 3.74. The van der Waals surface area contributed by atoms with Crippen LogP contribution < -0.4 is 0 Å². The minimum Gasteiger partial charge on any atom is -0.477 e. The van der Waals surface area contributed by atoms with E-state index in [1.54, 1.807) is 12.1 Å². The Morgan fingerprint density at radius 1 is 1.25 bits per heavy atom. The molecular formula is C17H17NO2. The number of rotatable bonds is 6. The highest BCUT2D eigenvalue weighted by Crippen LogP contribution is 2.08. The fourth-order valence-corrected chi connectivity index (χ4v) is 1.62. The first kappa shape index (κ1) is 15.5. The quantitative estimate of drug-likeness (QED) is 0.485. The Bertz CT molecular complexity index is 572. The molecule has 1 N–H and O–H groups in total. The molecule has 3 heteroatoms. The largest absolute Gasteiger partial charge is 0.477 e. The summed E-state index contributed by atoms with van der Waals surface area (Å²) < 4.78 is 0. The third-order valence-corrected chi connectivity index (χ3v) is 2.64. The molecule has 0 aliphatic rings. The number of benzene rings is 1. The van der Waals surface area contributed by atoms with Crippen LogP contribution in [0.3, 0.4) is 0 Å². The van der Waals surface area contributed by atoms with Gasteiger partial charge in [0.2, 0.25) is 0 Å². The van der Waals surface area contributed by atoms with Gasteiger partial charge in [-0.15, -0.1) is 0 Å². The summed E-state index contributed by atoms with van der Waals surface area (Å²) in [5.41, 5.74) is 2.12. The van der Waals surface area contributed by atoms with Crippen LogP contribution in [0.5, 0.6) is 0 Å². The molecule has 0 saturated heterocycles.